The summed E-state index contributed by atoms with van der Waals surface area (Å²) < 4.78 is 6.01. The van der Waals surface area contributed by atoms with Crippen molar-refractivity contribution >= 4 is 29.0 Å². The summed E-state index contributed by atoms with van der Waals surface area (Å²) in [5.74, 6) is 2.00. The number of halogens is 2. The number of rotatable bonds is 3. The van der Waals surface area contributed by atoms with Crippen molar-refractivity contribution in [3.63, 3.8) is 0 Å². The Kier molecular flexibility index (Phi) is 4.48. The normalized spacial score (nSPS) is 23.6. The van der Waals surface area contributed by atoms with Crippen LogP contribution in [0.4, 0.5) is 5.82 Å². The highest BCUT2D eigenvalue weighted by Crippen LogP contribution is 2.43. The first-order valence-electron chi connectivity index (χ1n) is 8.41. The van der Waals surface area contributed by atoms with Crippen molar-refractivity contribution in [3.05, 3.63) is 40.8 Å². The molecule has 5 nitrogen and oxygen atoms in total. The van der Waals surface area contributed by atoms with Crippen molar-refractivity contribution in [3.8, 4) is 11.5 Å². The summed E-state index contributed by atoms with van der Waals surface area (Å²) in [5, 5.41) is 1.05. The van der Waals surface area contributed by atoms with Crippen molar-refractivity contribution < 1.29 is 4.74 Å². The largest absolute Gasteiger partial charge is 0.450 e. The maximum absolute atomic E-state index is 6.24. The Morgan fingerprint density at radius 1 is 1.12 bits per heavy atom. The molecule has 2 fully saturated rings. The zero-order valence-electron chi connectivity index (χ0n) is 14.1. The molecule has 2 aliphatic heterocycles. The molecule has 0 saturated carbocycles. The lowest BCUT2D eigenvalue weighted by Crippen LogP contribution is -2.30. The molecule has 0 bridgehead atoms. The predicted molar refractivity (Wildman–Crippen MR) is 99.9 cm³/mol. The van der Waals surface area contributed by atoms with Gasteiger partial charge in [0.2, 0.25) is 0 Å². The highest BCUT2D eigenvalue weighted by atomic mass is 35.5. The van der Waals surface area contributed by atoms with E-state index in [1.165, 1.54) is 19.4 Å². The van der Waals surface area contributed by atoms with E-state index >= 15 is 0 Å². The third-order valence-electron chi connectivity index (χ3n) is 5.14. The van der Waals surface area contributed by atoms with E-state index in [0.29, 0.717) is 27.0 Å². The Hall–Kier alpha value is -1.56. The number of aromatic nitrogens is 2. The van der Waals surface area contributed by atoms with E-state index < -0.39 is 0 Å². The summed E-state index contributed by atoms with van der Waals surface area (Å²) in [7, 11) is 2.19. The maximum Gasteiger partial charge on any atom is 0.188 e. The average molecular weight is 379 g/mol. The van der Waals surface area contributed by atoms with Crippen LogP contribution in [-0.2, 0) is 0 Å². The van der Waals surface area contributed by atoms with E-state index in [-0.39, 0.29) is 0 Å². The van der Waals surface area contributed by atoms with Gasteiger partial charge in [0, 0.05) is 30.1 Å². The van der Waals surface area contributed by atoms with Gasteiger partial charge in [-0.05, 0) is 44.6 Å². The first-order valence-corrected chi connectivity index (χ1v) is 9.17. The third kappa shape index (κ3) is 3.41. The van der Waals surface area contributed by atoms with Gasteiger partial charge in [0.15, 0.2) is 11.6 Å². The Labute approximate surface area is 157 Å². The molecule has 1 atom stereocenters. The molecule has 2 aliphatic rings. The van der Waals surface area contributed by atoms with E-state index in [2.05, 4.69) is 26.8 Å². The molecule has 0 aliphatic carbocycles. The zero-order valence-corrected chi connectivity index (χ0v) is 15.6. The monoisotopic (exact) mass is 378 g/mol. The highest BCUT2D eigenvalue weighted by molar-refractivity contribution is 6.35. The zero-order chi connectivity index (χ0) is 17.4. The molecule has 2 saturated heterocycles. The van der Waals surface area contributed by atoms with Crippen molar-refractivity contribution in [2.45, 2.75) is 12.8 Å². The second-order valence-electron chi connectivity index (χ2n) is 7.05. The van der Waals surface area contributed by atoms with Gasteiger partial charge in [-0.25, -0.2) is 9.97 Å². The fourth-order valence-electron chi connectivity index (χ4n) is 3.90. The Bertz CT molecular complexity index is 787. The molecule has 0 amide bonds. The van der Waals surface area contributed by atoms with Crippen molar-refractivity contribution in [1.82, 2.24) is 14.9 Å². The van der Waals surface area contributed by atoms with E-state index in [4.69, 9.17) is 27.9 Å². The van der Waals surface area contributed by atoms with Gasteiger partial charge in [-0.3, -0.25) is 0 Å². The van der Waals surface area contributed by atoms with Gasteiger partial charge in [0.05, 0.1) is 11.2 Å². The van der Waals surface area contributed by atoms with Crippen LogP contribution in [0.25, 0.3) is 0 Å². The first-order chi connectivity index (χ1) is 12.0. The van der Waals surface area contributed by atoms with Crippen LogP contribution in [0.1, 0.15) is 12.8 Å². The van der Waals surface area contributed by atoms with Crippen molar-refractivity contribution in [1.29, 1.82) is 0 Å². The molecule has 3 heterocycles. The summed E-state index contributed by atoms with van der Waals surface area (Å²) in [6, 6.07) is 5.19. The molecule has 25 heavy (non-hydrogen) atoms. The van der Waals surface area contributed by atoms with Gasteiger partial charge in [-0.15, -0.1) is 0 Å². The fourth-order valence-corrected chi connectivity index (χ4v) is 4.35. The quantitative estimate of drug-likeness (QED) is 0.803. The highest BCUT2D eigenvalue weighted by Gasteiger charge is 2.43. The lowest BCUT2D eigenvalue weighted by molar-refractivity contribution is 0.311. The van der Waals surface area contributed by atoms with Gasteiger partial charge in [0.25, 0.3) is 0 Å². The minimum absolute atomic E-state index is 0.370. The lowest BCUT2D eigenvalue weighted by atomic mass is 9.86. The molecule has 132 valence electrons. The summed E-state index contributed by atoms with van der Waals surface area (Å²) in [4.78, 5) is 13.3. The van der Waals surface area contributed by atoms with E-state index in [9.17, 15) is 0 Å². The summed E-state index contributed by atoms with van der Waals surface area (Å²) in [6.45, 7) is 4.30. The number of nitrogens with zero attached hydrogens (tertiary/aromatic N) is 4. The number of benzene rings is 1. The van der Waals surface area contributed by atoms with Crippen LogP contribution < -0.4 is 9.64 Å². The molecule has 2 aromatic rings. The molecule has 7 heteroatoms. The average Bonchev–Trinajstić information content (AvgIpc) is 3.17. The molecule has 0 radical (unpaired) electrons. The first kappa shape index (κ1) is 16.9. The topological polar surface area (TPSA) is 41.5 Å². The minimum Gasteiger partial charge on any atom is -0.450 e. The van der Waals surface area contributed by atoms with Crippen LogP contribution >= 0.6 is 23.2 Å². The van der Waals surface area contributed by atoms with Crippen LogP contribution in [0.2, 0.25) is 10.0 Å². The molecule has 4 rings (SSSR count). The summed E-state index contributed by atoms with van der Waals surface area (Å²) >= 11 is 12.2. The van der Waals surface area contributed by atoms with Gasteiger partial charge in [0.1, 0.15) is 12.1 Å². The fraction of sp³-hybridized carbons (Fsp3) is 0.444. The molecule has 1 unspecified atom stereocenters. The number of anilines is 1. The van der Waals surface area contributed by atoms with Gasteiger partial charge >= 0.3 is 0 Å². The summed E-state index contributed by atoms with van der Waals surface area (Å²) in [6.07, 6.45) is 5.68. The lowest BCUT2D eigenvalue weighted by Gasteiger charge is -2.25. The standard InChI is InChI=1S/C18H20Cl2N4O/c1-23-6-4-18(10-23)5-7-24(11-18)17-16(9-21-12-22-17)25-15-3-2-13(19)8-14(15)20/h2-3,8-9,12H,4-7,10-11H2,1H3. The maximum atomic E-state index is 6.24. The molecule has 0 N–H and O–H groups in total. The van der Waals surface area contributed by atoms with E-state index in [1.54, 1.807) is 30.7 Å². The molecule has 1 spiro atoms. The minimum atomic E-state index is 0.370. The Balaban J connectivity index is 1.57. The smallest absolute Gasteiger partial charge is 0.188 e. The van der Waals surface area contributed by atoms with Crippen LogP contribution in [0.15, 0.2) is 30.7 Å². The van der Waals surface area contributed by atoms with Crippen LogP contribution in [0, 0.1) is 5.41 Å². The number of hydrogen-bond acceptors (Lipinski definition) is 5. The molecule has 1 aromatic carbocycles. The van der Waals surface area contributed by atoms with Gasteiger partial charge < -0.3 is 14.5 Å². The second-order valence-corrected chi connectivity index (χ2v) is 7.89. The SMILES string of the molecule is CN1CCC2(CCN(c3ncncc3Oc3ccc(Cl)cc3Cl)C2)C1. The van der Waals surface area contributed by atoms with Crippen LogP contribution in [-0.4, -0.2) is 48.1 Å². The second kappa shape index (κ2) is 6.63. The summed E-state index contributed by atoms with van der Waals surface area (Å²) in [5.41, 5.74) is 0.370. The number of ether oxygens (including phenoxy) is 1. The van der Waals surface area contributed by atoms with Gasteiger partial charge in [-0.2, -0.15) is 0 Å². The van der Waals surface area contributed by atoms with E-state index in [1.807, 2.05) is 0 Å². The number of hydrogen-bond donors (Lipinski definition) is 0. The predicted octanol–water partition coefficient (Wildman–Crippen LogP) is 4.11. The van der Waals surface area contributed by atoms with Gasteiger partial charge in [-0.1, -0.05) is 23.2 Å². The van der Waals surface area contributed by atoms with Crippen molar-refractivity contribution in [2.75, 3.05) is 38.1 Å². The molecular weight excluding hydrogens is 359 g/mol. The number of likely N-dealkylation sites (tertiary alicyclic amines) is 1. The molecular formula is C18H20Cl2N4O. The molecule has 1 aromatic heterocycles. The van der Waals surface area contributed by atoms with E-state index in [0.717, 1.165) is 25.5 Å². The Morgan fingerprint density at radius 2 is 1.96 bits per heavy atom. The third-order valence-corrected chi connectivity index (χ3v) is 5.67. The van der Waals surface area contributed by atoms with Crippen LogP contribution in [0.3, 0.4) is 0 Å². The van der Waals surface area contributed by atoms with Crippen molar-refractivity contribution in [2.24, 2.45) is 5.41 Å². The Morgan fingerprint density at radius 3 is 2.72 bits per heavy atom. The van der Waals surface area contributed by atoms with Crippen LogP contribution in [0.5, 0.6) is 11.5 Å².